The van der Waals surface area contributed by atoms with Gasteiger partial charge >= 0.3 is 0 Å². The van der Waals surface area contributed by atoms with Crippen LogP contribution in [0.2, 0.25) is 0 Å². The normalized spacial score (nSPS) is 10.4. The van der Waals surface area contributed by atoms with Crippen LogP contribution in [0, 0.1) is 13.8 Å². The van der Waals surface area contributed by atoms with E-state index in [4.69, 9.17) is 0 Å². The van der Waals surface area contributed by atoms with E-state index in [2.05, 4.69) is 61.5 Å². The second-order valence-electron chi connectivity index (χ2n) is 4.16. The third kappa shape index (κ3) is 2.08. The fourth-order valence-electron chi connectivity index (χ4n) is 1.79. The summed E-state index contributed by atoms with van der Waals surface area (Å²) in [6, 6.07) is 10.7. The van der Waals surface area contributed by atoms with Crippen molar-refractivity contribution in [1.29, 1.82) is 0 Å². The molecule has 1 nitrogen and oxygen atoms in total. The average Bonchev–Trinajstić information content (AvgIpc) is 2.62. The Balaban J connectivity index is 2.20. The highest BCUT2D eigenvalue weighted by atomic mass is 15.0. The molecular weight excluding hydrogens is 194 g/mol. The van der Waals surface area contributed by atoms with Gasteiger partial charge in [-0.05, 0) is 36.6 Å². The van der Waals surface area contributed by atoms with Crippen LogP contribution in [0.5, 0.6) is 0 Å². The van der Waals surface area contributed by atoms with Crippen molar-refractivity contribution in [2.75, 3.05) is 0 Å². The van der Waals surface area contributed by atoms with E-state index in [9.17, 15) is 0 Å². The van der Waals surface area contributed by atoms with E-state index in [0.717, 1.165) is 6.54 Å². The molecule has 0 atom stereocenters. The Morgan fingerprint density at radius 3 is 2.31 bits per heavy atom. The molecule has 2 rings (SSSR count). The first-order valence-corrected chi connectivity index (χ1v) is 5.54. The fourth-order valence-corrected chi connectivity index (χ4v) is 1.79. The molecular formula is C15H17N. The summed E-state index contributed by atoms with van der Waals surface area (Å²) in [7, 11) is 0. The SMILES string of the molecule is C=Cc1ccc(Cn2ccc(C)c2C)cc1. The van der Waals surface area contributed by atoms with Crippen molar-refractivity contribution in [3.05, 3.63) is 65.5 Å². The Labute approximate surface area is 97.0 Å². The minimum atomic E-state index is 0.942. The van der Waals surface area contributed by atoms with Gasteiger partial charge in [0, 0.05) is 18.4 Å². The Bertz CT molecular complexity index is 489. The van der Waals surface area contributed by atoms with Crippen LogP contribution in [0.15, 0.2) is 43.1 Å². The van der Waals surface area contributed by atoms with Crippen LogP contribution in [0.3, 0.4) is 0 Å². The summed E-state index contributed by atoms with van der Waals surface area (Å²) in [5.74, 6) is 0. The maximum Gasteiger partial charge on any atom is 0.0472 e. The van der Waals surface area contributed by atoms with Crippen molar-refractivity contribution in [2.24, 2.45) is 0 Å². The van der Waals surface area contributed by atoms with Crippen molar-refractivity contribution < 1.29 is 0 Å². The molecule has 0 unspecified atom stereocenters. The van der Waals surface area contributed by atoms with Gasteiger partial charge in [0.1, 0.15) is 0 Å². The molecule has 0 aliphatic carbocycles. The molecule has 0 aliphatic rings. The van der Waals surface area contributed by atoms with Crippen LogP contribution in [0.4, 0.5) is 0 Å². The molecule has 1 heteroatoms. The molecule has 2 aromatic rings. The highest BCUT2D eigenvalue weighted by Gasteiger charge is 2.00. The monoisotopic (exact) mass is 211 g/mol. The van der Waals surface area contributed by atoms with E-state index in [-0.39, 0.29) is 0 Å². The van der Waals surface area contributed by atoms with Gasteiger partial charge in [-0.25, -0.2) is 0 Å². The van der Waals surface area contributed by atoms with Crippen LogP contribution < -0.4 is 0 Å². The Morgan fingerprint density at radius 1 is 1.12 bits per heavy atom. The van der Waals surface area contributed by atoms with E-state index >= 15 is 0 Å². The van der Waals surface area contributed by atoms with Crippen LogP contribution in [0.1, 0.15) is 22.4 Å². The van der Waals surface area contributed by atoms with E-state index in [1.165, 1.54) is 22.4 Å². The fraction of sp³-hybridized carbons (Fsp3) is 0.200. The molecule has 1 aromatic heterocycles. The number of nitrogens with zero attached hydrogens (tertiary/aromatic N) is 1. The van der Waals surface area contributed by atoms with Crippen LogP contribution in [0.25, 0.3) is 6.08 Å². The maximum atomic E-state index is 3.76. The second-order valence-corrected chi connectivity index (χ2v) is 4.16. The second kappa shape index (κ2) is 4.40. The Morgan fingerprint density at radius 2 is 1.81 bits per heavy atom. The zero-order chi connectivity index (χ0) is 11.5. The van der Waals surface area contributed by atoms with Crippen molar-refractivity contribution in [3.63, 3.8) is 0 Å². The van der Waals surface area contributed by atoms with E-state index < -0.39 is 0 Å². The van der Waals surface area contributed by atoms with Crippen molar-refractivity contribution in [2.45, 2.75) is 20.4 Å². The van der Waals surface area contributed by atoms with Crippen molar-refractivity contribution in [1.82, 2.24) is 4.57 Å². The molecule has 82 valence electrons. The predicted octanol–water partition coefficient (Wildman–Crippen LogP) is 3.80. The maximum absolute atomic E-state index is 3.76. The third-order valence-electron chi connectivity index (χ3n) is 3.07. The highest BCUT2D eigenvalue weighted by molar-refractivity contribution is 5.47. The number of aromatic nitrogens is 1. The number of hydrogen-bond acceptors (Lipinski definition) is 0. The summed E-state index contributed by atoms with van der Waals surface area (Å²) in [5.41, 5.74) is 5.18. The largest absolute Gasteiger partial charge is 0.347 e. The molecule has 1 heterocycles. The first-order valence-electron chi connectivity index (χ1n) is 5.54. The summed E-state index contributed by atoms with van der Waals surface area (Å²) >= 11 is 0. The molecule has 0 fully saturated rings. The average molecular weight is 211 g/mol. The van der Waals surface area contributed by atoms with Gasteiger partial charge in [-0.3, -0.25) is 0 Å². The molecule has 0 spiro atoms. The standard InChI is InChI=1S/C15H17N/c1-4-14-5-7-15(8-6-14)11-16-10-9-12(2)13(16)3/h4-10H,1,11H2,2-3H3. The van der Waals surface area contributed by atoms with Crippen LogP contribution >= 0.6 is 0 Å². The minimum absolute atomic E-state index is 0.942. The van der Waals surface area contributed by atoms with Gasteiger partial charge in [0.2, 0.25) is 0 Å². The molecule has 0 saturated carbocycles. The number of aryl methyl sites for hydroxylation is 1. The van der Waals surface area contributed by atoms with Crippen molar-refractivity contribution >= 4 is 6.08 Å². The quantitative estimate of drug-likeness (QED) is 0.727. The van der Waals surface area contributed by atoms with Gasteiger partial charge in [0.05, 0.1) is 0 Å². The van der Waals surface area contributed by atoms with E-state index in [1.807, 2.05) is 6.08 Å². The van der Waals surface area contributed by atoms with E-state index in [1.54, 1.807) is 0 Å². The first kappa shape index (κ1) is 10.7. The lowest BCUT2D eigenvalue weighted by atomic mass is 10.1. The molecule has 0 amide bonds. The van der Waals surface area contributed by atoms with Gasteiger partial charge in [0.25, 0.3) is 0 Å². The Hall–Kier alpha value is -1.76. The number of hydrogen-bond donors (Lipinski definition) is 0. The lowest BCUT2D eigenvalue weighted by Crippen LogP contribution is -2.00. The third-order valence-corrected chi connectivity index (χ3v) is 3.07. The van der Waals surface area contributed by atoms with Gasteiger partial charge in [-0.2, -0.15) is 0 Å². The first-order chi connectivity index (χ1) is 7.70. The lowest BCUT2D eigenvalue weighted by molar-refractivity contribution is 0.773. The molecule has 0 radical (unpaired) electrons. The molecule has 0 saturated heterocycles. The van der Waals surface area contributed by atoms with Gasteiger partial charge < -0.3 is 4.57 Å². The topological polar surface area (TPSA) is 4.93 Å². The summed E-state index contributed by atoms with van der Waals surface area (Å²) in [6.45, 7) is 9.00. The van der Waals surface area contributed by atoms with Crippen LogP contribution in [-0.2, 0) is 6.54 Å². The summed E-state index contributed by atoms with van der Waals surface area (Å²) in [6.07, 6.45) is 4.01. The zero-order valence-electron chi connectivity index (χ0n) is 9.90. The van der Waals surface area contributed by atoms with Crippen molar-refractivity contribution in [3.8, 4) is 0 Å². The van der Waals surface area contributed by atoms with Gasteiger partial charge in [-0.15, -0.1) is 0 Å². The zero-order valence-corrected chi connectivity index (χ0v) is 9.90. The summed E-state index contributed by atoms with van der Waals surface area (Å²) in [5, 5.41) is 0. The molecule has 0 aliphatic heterocycles. The highest BCUT2D eigenvalue weighted by Crippen LogP contribution is 2.12. The minimum Gasteiger partial charge on any atom is -0.347 e. The predicted molar refractivity (Wildman–Crippen MR) is 69.5 cm³/mol. The molecule has 1 aromatic carbocycles. The summed E-state index contributed by atoms with van der Waals surface area (Å²) in [4.78, 5) is 0. The lowest BCUT2D eigenvalue weighted by Gasteiger charge is -2.07. The van der Waals surface area contributed by atoms with Gasteiger partial charge in [-0.1, -0.05) is 36.9 Å². The van der Waals surface area contributed by atoms with E-state index in [0.29, 0.717) is 0 Å². The molecule has 0 bridgehead atoms. The van der Waals surface area contributed by atoms with Gasteiger partial charge in [0.15, 0.2) is 0 Å². The molecule has 0 N–H and O–H groups in total. The summed E-state index contributed by atoms with van der Waals surface area (Å²) < 4.78 is 2.28. The Kier molecular flexibility index (Phi) is 2.95. The number of benzene rings is 1. The number of rotatable bonds is 3. The smallest absolute Gasteiger partial charge is 0.0472 e. The van der Waals surface area contributed by atoms with Crippen LogP contribution in [-0.4, -0.2) is 4.57 Å². The molecule has 16 heavy (non-hydrogen) atoms.